The van der Waals surface area contributed by atoms with E-state index in [4.69, 9.17) is 0 Å². The number of nitrogens with one attached hydrogen (secondary N) is 1. The summed E-state index contributed by atoms with van der Waals surface area (Å²) in [7, 11) is -1.37. The average molecular weight is 428 g/mol. The van der Waals surface area contributed by atoms with Crippen LogP contribution in [0.15, 0.2) is 28.6 Å². The molecular weight excluding hydrogens is 406 g/mol. The van der Waals surface area contributed by atoms with E-state index in [1.165, 1.54) is 27.4 Å². The minimum Gasteiger partial charge on any atom is -0.304 e. The molecular formula is C16H21N5O3S3. The van der Waals surface area contributed by atoms with Crippen LogP contribution in [0.2, 0.25) is 0 Å². The van der Waals surface area contributed by atoms with Crippen molar-refractivity contribution in [3.05, 3.63) is 35.4 Å². The highest BCUT2D eigenvalue weighted by molar-refractivity contribution is 8.00. The first kappa shape index (κ1) is 20.2. The van der Waals surface area contributed by atoms with Crippen LogP contribution < -0.4 is 5.32 Å². The van der Waals surface area contributed by atoms with Gasteiger partial charge in [0.05, 0.1) is 5.75 Å². The van der Waals surface area contributed by atoms with Gasteiger partial charge in [-0.05, 0) is 31.0 Å². The highest BCUT2D eigenvalue weighted by atomic mass is 32.2. The van der Waals surface area contributed by atoms with Gasteiger partial charge in [-0.15, -0.1) is 10.2 Å². The molecule has 0 radical (unpaired) electrons. The number of aromatic nitrogens is 2. The Kier molecular flexibility index (Phi) is 6.48. The van der Waals surface area contributed by atoms with Gasteiger partial charge in [0, 0.05) is 31.7 Å². The largest absolute Gasteiger partial charge is 0.304 e. The molecule has 146 valence electrons. The second-order valence-electron chi connectivity index (χ2n) is 6.19. The van der Waals surface area contributed by atoms with E-state index in [1.54, 1.807) is 24.3 Å². The van der Waals surface area contributed by atoms with Crippen molar-refractivity contribution in [1.29, 1.82) is 0 Å². The molecule has 1 fully saturated rings. The molecule has 1 aromatic heterocycles. The van der Waals surface area contributed by atoms with Gasteiger partial charge in [0.2, 0.25) is 15.2 Å². The fourth-order valence-electron chi connectivity index (χ4n) is 2.63. The van der Waals surface area contributed by atoms with E-state index < -0.39 is 10.0 Å². The summed E-state index contributed by atoms with van der Waals surface area (Å²) in [6.45, 7) is 2.50. The summed E-state index contributed by atoms with van der Waals surface area (Å²) in [5.74, 6) is -0.362. The number of thioether (sulfide) groups is 1. The summed E-state index contributed by atoms with van der Waals surface area (Å²) in [6.07, 6.45) is 1.89. The molecule has 1 aliphatic heterocycles. The predicted octanol–water partition coefficient (Wildman–Crippen LogP) is 1.59. The normalized spacial score (nSPS) is 16.4. The van der Waals surface area contributed by atoms with E-state index in [0.717, 1.165) is 17.4 Å². The maximum Gasteiger partial charge on any atom is 0.257 e. The summed E-state index contributed by atoms with van der Waals surface area (Å²) < 4.78 is 27.4. The lowest BCUT2D eigenvalue weighted by Gasteiger charge is -2.31. The third-order valence-electron chi connectivity index (χ3n) is 4.22. The number of nitrogens with zero attached hydrogens (tertiary/aromatic N) is 4. The second kappa shape index (κ2) is 8.65. The third kappa shape index (κ3) is 5.26. The Hall–Kier alpha value is -1.53. The van der Waals surface area contributed by atoms with Crippen LogP contribution in [-0.2, 0) is 15.8 Å². The van der Waals surface area contributed by atoms with Crippen LogP contribution in [-0.4, -0.2) is 73.2 Å². The molecule has 0 unspecified atom stereocenters. The number of piperazine rings is 1. The van der Waals surface area contributed by atoms with Crippen molar-refractivity contribution in [2.45, 2.75) is 10.1 Å². The zero-order valence-corrected chi connectivity index (χ0v) is 17.5. The number of amides is 1. The van der Waals surface area contributed by atoms with Crippen molar-refractivity contribution >= 4 is 44.2 Å². The molecule has 0 saturated carbocycles. The molecule has 0 bridgehead atoms. The molecule has 1 N–H and O–H groups in total. The number of anilines is 1. The van der Waals surface area contributed by atoms with E-state index in [-0.39, 0.29) is 11.7 Å². The first-order valence-electron chi connectivity index (χ1n) is 8.31. The van der Waals surface area contributed by atoms with Crippen molar-refractivity contribution in [2.75, 3.05) is 44.8 Å². The maximum atomic E-state index is 12.6. The molecule has 3 rings (SSSR count). The van der Waals surface area contributed by atoms with E-state index >= 15 is 0 Å². The van der Waals surface area contributed by atoms with Gasteiger partial charge in [-0.1, -0.05) is 35.2 Å². The maximum absolute atomic E-state index is 12.6. The summed E-state index contributed by atoms with van der Waals surface area (Å²) in [5, 5.41) is 11.0. The molecule has 1 saturated heterocycles. The summed E-state index contributed by atoms with van der Waals surface area (Å²) in [5.41, 5.74) is 1.10. The molecule has 2 aromatic rings. The topological polar surface area (TPSA) is 95.5 Å². The Morgan fingerprint density at radius 2 is 1.85 bits per heavy atom. The van der Waals surface area contributed by atoms with E-state index in [9.17, 15) is 13.2 Å². The van der Waals surface area contributed by atoms with Crippen LogP contribution in [0.25, 0.3) is 0 Å². The minimum atomic E-state index is -3.35. The Morgan fingerprint density at radius 1 is 1.19 bits per heavy atom. The standard InChI is InChI=1S/C16H21N5O3S3/c1-20-7-9-21(10-8-20)27(23,24)11-12-3-5-13(6-4-12)14(22)17-15-18-19-16(25-2)26-15/h3-6H,7-11H2,1-2H3,(H,17,18,22). The van der Waals surface area contributed by atoms with Crippen LogP contribution in [0.1, 0.15) is 15.9 Å². The SMILES string of the molecule is CSc1nnc(NC(=O)c2ccc(CS(=O)(=O)N3CCN(C)CC3)cc2)s1. The number of sulfonamides is 1. The lowest BCUT2D eigenvalue weighted by atomic mass is 10.1. The number of rotatable bonds is 6. The second-order valence-corrected chi connectivity index (χ2v) is 10.2. The monoisotopic (exact) mass is 427 g/mol. The van der Waals surface area contributed by atoms with Crippen molar-refractivity contribution < 1.29 is 13.2 Å². The van der Waals surface area contributed by atoms with Gasteiger partial charge in [-0.2, -0.15) is 4.31 Å². The predicted molar refractivity (Wildman–Crippen MR) is 108 cm³/mol. The number of hydrogen-bond acceptors (Lipinski definition) is 8. The molecule has 1 aromatic carbocycles. The van der Waals surface area contributed by atoms with E-state index in [0.29, 0.717) is 29.3 Å². The first-order valence-corrected chi connectivity index (χ1v) is 12.0. The van der Waals surface area contributed by atoms with Crippen molar-refractivity contribution in [3.8, 4) is 0 Å². The Labute approximate surface area is 167 Å². The van der Waals surface area contributed by atoms with Gasteiger partial charge in [0.1, 0.15) is 0 Å². The van der Waals surface area contributed by atoms with Crippen LogP contribution >= 0.6 is 23.1 Å². The number of likely N-dealkylation sites (N-methyl/N-ethyl adjacent to an activating group) is 1. The van der Waals surface area contributed by atoms with E-state index in [2.05, 4.69) is 20.4 Å². The molecule has 27 heavy (non-hydrogen) atoms. The minimum absolute atomic E-state index is 0.0634. The zero-order valence-electron chi connectivity index (χ0n) is 15.1. The van der Waals surface area contributed by atoms with Crippen LogP contribution in [0, 0.1) is 0 Å². The smallest absolute Gasteiger partial charge is 0.257 e. The highest BCUT2D eigenvalue weighted by Gasteiger charge is 2.25. The molecule has 0 aliphatic carbocycles. The molecule has 2 heterocycles. The average Bonchev–Trinajstić information content (AvgIpc) is 3.10. The quantitative estimate of drug-likeness (QED) is 0.552. The third-order valence-corrected chi connectivity index (χ3v) is 7.89. The number of hydrogen-bond donors (Lipinski definition) is 1. The van der Waals surface area contributed by atoms with Crippen LogP contribution in [0.4, 0.5) is 5.13 Å². The molecule has 1 amide bonds. The number of carbonyl (C=O) groups is 1. The van der Waals surface area contributed by atoms with Gasteiger partial charge in [-0.3, -0.25) is 10.1 Å². The lowest BCUT2D eigenvalue weighted by Crippen LogP contribution is -2.47. The number of carbonyl (C=O) groups excluding carboxylic acids is 1. The number of benzene rings is 1. The lowest BCUT2D eigenvalue weighted by molar-refractivity contribution is 0.102. The van der Waals surface area contributed by atoms with Gasteiger partial charge >= 0.3 is 0 Å². The van der Waals surface area contributed by atoms with Gasteiger partial charge < -0.3 is 4.90 Å². The Bertz CT molecular complexity index is 890. The molecule has 0 atom stereocenters. The van der Waals surface area contributed by atoms with E-state index in [1.807, 2.05) is 13.3 Å². The van der Waals surface area contributed by atoms with Gasteiger partial charge in [-0.25, -0.2) is 8.42 Å². The summed E-state index contributed by atoms with van der Waals surface area (Å²) in [4.78, 5) is 14.4. The molecule has 0 spiro atoms. The first-order chi connectivity index (χ1) is 12.9. The zero-order chi connectivity index (χ0) is 19.4. The molecule has 1 aliphatic rings. The van der Waals surface area contributed by atoms with Gasteiger partial charge in [0.15, 0.2) is 4.34 Å². The Balaban J connectivity index is 1.61. The fraction of sp³-hybridized carbons (Fsp3) is 0.438. The molecule has 8 nitrogen and oxygen atoms in total. The van der Waals surface area contributed by atoms with Crippen molar-refractivity contribution in [2.24, 2.45) is 0 Å². The fourth-order valence-corrected chi connectivity index (χ4v) is 5.31. The molecule has 11 heteroatoms. The van der Waals surface area contributed by atoms with Crippen molar-refractivity contribution in [3.63, 3.8) is 0 Å². The summed E-state index contributed by atoms with van der Waals surface area (Å²) in [6, 6.07) is 6.60. The van der Waals surface area contributed by atoms with Crippen molar-refractivity contribution in [1.82, 2.24) is 19.4 Å². The summed E-state index contributed by atoms with van der Waals surface area (Å²) >= 11 is 2.76. The van der Waals surface area contributed by atoms with Crippen LogP contribution in [0.3, 0.4) is 0 Å². The van der Waals surface area contributed by atoms with Crippen LogP contribution in [0.5, 0.6) is 0 Å². The highest BCUT2D eigenvalue weighted by Crippen LogP contribution is 2.23. The Morgan fingerprint density at radius 3 is 2.44 bits per heavy atom. The van der Waals surface area contributed by atoms with Gasteiger partial charge in [0.25, 0.3) is 5.91 Å².